The molecule has 0 spiro atoms. The first-order chi connectivity index (χ1) is 22.7. The van der Waals surface area contributed by atoms with Gasteiger partial charge >= 0.3 is 6.18 Å². The molecule has 1 aliphatic rings. The molecule has 2 aromatic heterocycles. The first kappa shape index (κ1) is 34.3. The lowest BCUT2D eigenvalue weighted by atomic mass is 10.0. The normalized spacial score (nSPS) is 13.6. The molecule has 0 saturated heterocycles. The Kier molecular flexibility index (Phi) is 9.74. The maximum absolute atomic E-state index is 14.3. The molecule has 0 saturated carbocycles. The lowest BCUT2D eigenvalue weighted by Crippen LogP contribution is -2.42. The molecule has 0 fully saturated rings. The van der Waals surface area contributed by atoms with Gasteiger partial charge in [0.25, 0.3) is 5.56 Å². The number of aromatic nitrogens is 4. The number of nitrogens with zero attached hydrogens (tertiary/aromatic N) is 6. The van der Waals surface area contributed by atoms with Crippen molar-refractivity contribution in [2.45, 2.75) is 65.7 Å². The van der Waals surface area contributed by atoms with Crippen molar-refractivity contribution in [3.05, 3.63) is 98.6 Å². The number of amides is 2. The Morgan fingerprint density at radius 2 is 1.81 bits per heavy atom. The van der Waals surface area contributed by atoms with E-state index in [1.165, 1.54) is 21.3 Å². The summed E-state index contributed by atoms with van der Waals surface area (Å²) in [6, 6.07) is 10.1. The highest BCUT2D eigenvalue weighted by Crippen LogP contribution is 2.33. The number of aryl methyl sites for hydroxylation is 2. The molecule has 1 atom stereocenters. The van der Waals surface area contributed by atoms with E-state index < -0.39 is 41.5 Å². The van der Waals surface area contributed by atoms with Crippen LogP contribution in [0.2, 0.25) is 0 Å². The molecule has 3 heterocycles. The van der Waals surface area contributed by atoms with E-state index in [9.17, 15) is 31.9 Å². The minimum atomic E-state index is -4.95. The smallest absolute Gasteiger partial charge is 0.419 e. The maximum atomic E-state index is 14.3. The minimum Gasteiger partial charge on any atom is -0.494 e. The number of rotatable bonds is 9. The number of hydrogen-bond donors (Lipinski definition) is 0. The van der Waals surface area contributed by atoms with E-state index in [4.69, 9.17) is 9.72 Å². The number of ether oxygens (including phenoxy) is 1. The number of halogens is 4. The van der Waals surface area contributed by atoms with Gasteiger partial charge < -0.3 is 9.64 Å². The molecule has 254 valence electrons. The van der Waals surface area contributed by atoms with Crippen molar-refractivity contribution in [3.8, 4) is 11.4 Å². The molecule has 0 radical (unpaired) electrons. The van der Waals surface area contributed by atoms with Crippen LogP contribution in [0.15, 0.2) is 53.3 Å². The summed E-state index contributed by atoms with van der Waals surface area (Å²) in [7, 11) is 1.70. The summed E-state index contributed by atoms with van der Waals surface area (Å²) in [6.07, 6.45) is -4.50. The Hall–Kier alpha value is -5.01. The fourth-order valence-electron chi connectivity index (χ4n) is 5.96. The average Bonchev–Trinajstić information content (AvgIpc) is 3.35. The van der Waals surface area contributed by atoms with E-state index in [-0.39, 0.29) is 29.7 Å². The van der Waals surface area contributed by atoms with Crippen LogP contribution in [0.1, 0.15) is 67.1 Å². The minimum absolute atomic E-state index is 0.0443. The number of carbonyl (C=O) groups excluding carboxylic acids is 2. The van der Waals surface area contributed by atoms with E-state index in [2.05, 4.69) is 5.10 Å². The molecule has 4 aromatic rings. The van der Waals surface area contributed by atoms with Gasteiger partial charge in [-0.2, -0.15) is 18.3 Å². The van der Waals surface area contributed by atoms with E-state index in [0.717, 1.165) is 6.07 Å². The van der Waals surface area contributed by atoms with E-state index in [1.54, 1.807) is 55.9 Å². The molecule has 0 aliphatic carbocycles. The number of benzene rings is 2. The Morgan fingerprint density at radius 1 is 1.10 bits per heavy atom. The van der Waals surface area contributed by atoms with Gasteiger partial charge in [-0.1, -0.05) is 6.07 Å². The predicted octanol–water partition coefficient (Wildman–Crippen LogP) is 5.46. The maximum Gasteiger partial charge on any atom is 0.419 e. The Labute approximate surface area is 274 Å². The van der Waals surface area contributed by atoms with Gasteiger partial charge in [0.15, 0.2) is 0 Å². The highest BCUT2D eigenvalue weighted by molar-refractivity contribution is 5.91. The van der Waals surface area contributed by atoms with E-state index >= 15 is 0 Å². The van der Waals surface area contributed by atoms with Gasteiger partial charge in [0.1, 0.15) is 23.2 Å². The Balaban J connectivity index is 1.67. The van der Waals surface area contributed by atoms with Crippen molar-refractivity contribution in [1.29, 1.82) is 0 Å². The molecule has 0 bridgehead atoms. The average molecular weight is 669 g/mol. The van der Waals surface area contributed by atoms with E-state index in [1.807, 2.05) is 6.92 Å². The van der Waals surface area contributed by atoms with Crippen molar-refractivity contribution in [1.82, 2.24) is 24.2 Å². The van der Waals surface area contributed by atoms with Crippen molar-refractivity contribution < 1.29 is 31.9 Å². The second kappa shape index (κ2) is 13.6. The lowest BCUT2D eigenvalue weighted by molar-refractivity contribution is -0.140. The Bertz CT molecular complexity index is 1900. The zero-order chi connectivity index (χ0) is 34.9. The molecule has 48 heavy (non-hydrogen) atoms. The zero-order valence-corrected chi connectivity index (χ0v) is 27.3. The fraction of sp³-hybridized carbons (Fsp3) is 0.382. The standard InChI is InChI=1S/C34H36F4N6O4/c1-6-48-26-12-10-24(11-13-26)44-31(39-32-27(33(44)47)8-7-15-42(32)22(4)45)21(3)43(19-25-16-20(2)40-41(25)5)30(46)18-23-9-14-29(35)28(17-23)34(36,37)38/h9-14,16-17,21H,6-8,15,18-19H2,1-5H3. The van der Waals surface area contributed by atoms with Crippen molar-refractivity contribution in [2.75, 3.05) is 18.1 Å². The molecule has 2 aromatic carbocycles. The fourth-order valence-corrected chi connectivity index (χ4v) is 5.96. The second-order valence-electron chi connectivity index (χ2n) is 11.7. The van der Waals surface area contributed by atoms with Crippen LogP contribution in [-0.2, 0) is 42.2 Å². The summed E-state index contributed by atoms with van der Waals surface area (Å²) in [5, 5.41) is 4.36. The van der Waals surface area contributed by atoms with Crippen LogP contribution in [0, 0.1) is 12.7 Å². The number of fused-ring (bicyclic) bond motifs is 1. The van der Waals surface area contributed by atoms with Crippen molar-refractivity contribution >= 4 is 17.6 Å². The summed E-state index contributed by atoms with van der Waals surface area (Å²) < 4.78 is 63.2. The third-order valence-corrected chi connectivity index (χ3v) is 8.32. The Morgan fingerprint density at radius 3 is 2.42 bits per heavy atom. The monoisotopic (exact) mass is 668 g/mol. The van der Waals surface area contributed by atoms with Crippen LogP contribution in [0.4, 0.5) is 23.4 Å². The highest BCUT2D eigenvalue weighted by Gasteiger charge is 2.35. The topological polar surface area (TPSA) is 103 Å². The van der Waals surface area contributed by atoms with Gasteiger partial charge in [-0.05, 0) is 81.6 Å². The molecular formula is C34H36F4N6O4. The third kappa shape index (κ3) is 6.97. The van der Waals surface area contributed by atoms with Crippen LogP contribution in [0.25, 0.3) is 5.69 Å². The van der Waals surface area contributed by atoms with Gasteiger partial charge in [-0.15, -0.1) is 0 Å². The summed E-state index contributed by atoms with van der Waals surface area (Å²) >= 11 is 0. The van der Waals surface area contributed by atoms with Gasteiger partial charge in [0, 0.05) is 20.5 Å². The second-order valence-corrected chi connectivity index (χ2v) is 11.7. The summed E-state index contributed by atoms with van der Waals surface area (Å²) in [4.78, 5) is 48.7. The first-order valence-corrected chi connectivity index (χ1v) is 15.5. The third-order valence-electron chi connectivity index (χ3n) is 8.32. The highest BCUT2D eigenvalue weighted by atomic mass is 19.4. The van der Waals surface area contributed by atoms with Gasteiger partial charge in [-0.3, -0.25) is 28.5 Å². The zero-order valence-electron chi connectivity index (χ0n) is 27.3. The lowest BCUT2D eigenvalue weighted by Gasteiger charge is -2.33. The van der Waals surface area contributed by atoms with Crippen molar-refractivity contribution in [3.63, 3.8) is 0 Å². The molecule has 1 unspecified atom stereocenters. The summed E-state index contributed by atoms with van der Waals surface area (Å²) in [5.41, 5.74) is 0.160. The molecular weight excluding hydrogens is 632 g/mol. The molecule has 1 aliphatic heterocycles. The number of carbonyl (C=O) groups is 2. The first-order valence-electron chi connectivity index (χ1n) is 15.5. The van der Waals surface area contributed by atoms with Gasteiger partial charge in [0.2, 0.25) is 11.8 Å². The van der Waals surface area contributed by atoms with Gasteiger partial charge in [-0.25, -0.2) is 9.37 Å². The number of alkyl halides is 3. The van der Waals surface area contributed by atoms with Crippen molar-refractivity contribution in [2.24, 2.45) is 7.05 Å². The summed E-state index contributed by atoms with van der Waals surface area (Å²) in [6.45, 7) is 7.42. The number of hydrogen-bond acceptors (Lipinski definition) is 6. The van der Waals surface area contributed by atoms with Crippen LogP contribution in [-0.4, -0.2) is 49.2 Å². The largest absolute Gasteiger partial charge is 0.494 e. The quantitative estimate of drug-likeness (QED) is 0.220. The molecule has 0 N–H and O–H groups in total. The van der Waals surface area contributed by atoms with Crippen LogP contribution < -0.4 is 15.2 Å². The SMILES string of the molecule is CCOc1ccc(-n2c(C(C)N(Cc3cc(C)nn3C)C(=O)Cc3ccc(F)c(C(F)(F)F)c3)nc3c(c2=O)CCCN3C(C)=O)cc1. The number of anilines is 1. The molecule has 14 heteroatoms. The molecule has 5 rings (SSSR count). The predicted molar refractivity (Wildman–Crippen MR) is 169 cm³/mol. The molecule has 10 nitrogen and oxygen atoms in total. The van der Waals surface area contributed by atoms with Crippen LogP contribution in [0.5, 0.6) is 5.75 Å². The summed E-state index contributed by atoms with van der Waals surface area (Å²) in [5.74, 6) is -1.41. The van der Waals surface area contributed by atoms with Crippen LogP contribution >= 0.6 is 0 Å². The van der Waals surface area contributed by atoms with Gasteiger partial charge in [0.05, 0.1) is 53.8 Å². The molecule has 2 amide bonds. The van der Waals surface area contributed by atoms with Crippen LogP contribution in [0.3, 0.4) is 0 Å². The van der Waals surface area contributed by atoms with E-state index in [0.29, 0.717) is 66.5 Å².